The standard InChI is InChI=1S/C12H15N3O2/c1-8-12(9-4-3-7-13-9)15(2)10(14-8)5-6-11(16)17/h3-4,7,13H,5-6H2,1-2H3,(H,16,17). The Kier molecular flexibility index (Phi) is 2.99. The first kappa shape index (κ1) is 11.4. The van der Waals surface area contributed by atoms with Gasteiger partial charge in [-0.2, -0.15) is 0 Å². The van der Waals surface area contributed by atoms with Gasteiger partial charge in [0.05, 0.1) is 23.5 Å². The topological polar surface area (TPSA) is 70.9 Å². The van der Waals surface area contributed by atoms with Crippen LogP contribution in [0.1, 0.15) is 17.9 Å². The fourth-order valence-electron chi connectivity index (χ4n) is 1.99. The number of H-pyrrole nitrogens is 1. The summed E-state index contributed by atoms with van der Waals surface area (Å²) >= 11 is 0. The maximum Gasteiger partial charge on any atom is 0.303 e. The van der Waals surface area contributed by atoms with E-state index in [1.807, 2.05) is 36.9 Å². The van der Waals surface area contributed by atoms with Crippen molar-refractivity contribution in [3.63, 3.8) is 0 Å². The minimum Gasteiger partial charge on any atom is -0.481 e. The minimum absolute atomic E-state index is 0.106. The van der Waals surface area contributed by atoms with Crippen molar-refractivity contribution in [3.8, 4) is 11.4 Å². The van der Waals surface area contributed by atoms with Crippen LogP contribution in [-0.4, -0.2) is 25.6 Å². The van der Waals surface area contributed by atoms with Crippen molar-refractivity contribution in [3.05, 3.63) is 29.8 Å². The van der Waals surface area contributed by atoms with Gasteiger partial charge in [0.1, 0.15) is 5.82 Å². The Morgan fingerprint density at radius 1 is 1.59 bits per heavy atom. The summed E-state index contributed by atoms with van der Waals surface area (Å²) in [5.74, 6) is 0.00146. The number of nitrogens with zero attached hydrogens (tertiary/aromatic N) is 2. The molecule has 5 heteroatoms. The SMILES string of the molecule is Cc1nc(CCC(=O)O)n(C)c1-c1ccc[nH]1. The molecule has 17 heavy (non-hydrogen) atoms. The van der Waals surface area contributed by atoms with Crippen LogP contribution in [0.25, 0.3) is 11.4 Å². The molecular formula is C12H15N3O2. The number of nitrogens with one attached hydrogen (secondary N) is 1. The molecule has 0 saturated carbocycles. The minimum atomic E-state index is -0.799. The lowest BCUT2D eigenvalue weighted by atomic mass is 10.2. The van der Waals surface area contributed by atoms with E-state index in [1.54, 1.807) is 0 Å². The van der Waals surface area contributed by atoms with Gasteiger partial charge in [-0.05, 0) is 19.1 Å². The molecule has 0 atom stereocenters. The van der Waals surface area contributed by atoms with Gasteiger partial charge in [-0.3, -0.25) is 4.79 Å². The zero-order valence-electron chi connectivity index (χ0n) is 9.90. The highest BCUT2D eigenvalue weighted by atomic mass is 16.4. The molecule has 2 N–H and O–H groups in total. The number of rotatable bonds is 4. The second kappa shape index (κ2) is 4.45. The molecule has 0 radical (unpaired) electrons. The average molecular weight is 233 g/mol. The molecule has 2 aromatic heterocycles. The van der Waals surface area contributed by atoms with Crippen LogP contribution in [0.4, 0.5) is 0 Å². The molecule has 2 heterocycles. The first-order valence-corrected chi connectivity index (χ1v) is 5.47. The first-order valence-electron chi connectivity index (χ1n) is 5.47. The molecule has 0 aliphatic rings. The maximum atomic E-state index is 10.6. The van der Waals surface area contributed by atoms with E-state index in [-0.39, 0.29) is 6.42 Å². The summed E-state index contributed by atoms with van der Waals surface area (Å²) in [6.07, 6.45) is 2.42. The molecule has 0 fully saturated rings. The summed E-state index contributed by atoms with van der Waals surface area (Å²) < 4.78 is 1.95. The van der Waals surface area contributed by atoms with Crippen molar-refractivity contribution in [2.75, 3.05) is 0 Å². The Morgan fingerprint density at radius 3 is 2.94 bits per heavy atom. The van der Waals surface area contributed by atoms with Crippen molar-refractivity contribution in [2.24, 2.45) is 7.05 Å². The third kappa shape index (κ3) is 2.22. The van der Waals surface area contributed by atoms with Gasteiger partial charge in [-0.25, -0.2) is 4.98 Å². The highest BCUT2D eigenvalue weighted by Crippen LogP contribution is 2.22. The third-order valence-corrected chi connectivity index (χ3v) is 2.78. The monoisotopic (exact) mass is 233 g/mol. The Morgan fingerprint density at radius 2 is 2.35 bits per heavy atom. The van der Waals surface area contributed by atoms with Gasteiger partial charge in [0.2, 0.25) is 0 Å². The number of hydrogen-bond acceptors (Lipinski definition) is 2. The molecular weight excluding hydrogens is 218 g/mol. The normalized spacial score (nSPS) is 10.7. The van der Waals surface area contributed by atoms with Crippen LogP contribution in [0.15, 0.2) is 18.3 Å². The van der Waals surface area contributed by atoms with Crippen LogP contribution in [0.5, 0.6) is 0 Å². The van der Waals surface area contributed by atoms with Gasteiger partial charge in [-0.15, -0.1) is 0 Å². The number of carbonyl (C=O) groups is 1. The fourth-order valence-corrected chi connectivity index (χ4v) is 1.99. The van der Waals surface area contributed by atoms with Crippen molar-refractivity contribution in [1.82, 2.24) is 14.5 Å². The summed E-state index contributed by atoms with van der Waals surface area (Å²) in [6.45, 7) is 1.93. The van der Waals surface area contributed by atoms with Crippen molar-refractivity contribution >= 4 is 5.97 Å². The molecule has 2 aromatic rings. The summed E-state index contributed by atoms with van der Waals surface area (Å²) in [7, 11) is 1.91. The van der Waals surface area contributed by atoms with Crippen LogP contribution in [0.3, 0.4) is 0 Å². The van der Waals surface area contributed by atoms with E-state index in [1.165, 1.54) is 0 Å². The molecule has 2 rings (SSSR count). The van der Waals surface area contributed by atoms with E-state index < -0.39 is 5.97 Å². The summed E-state index contributed by atoms with van der Waals surface area (Å²) in [5, 5.41) is 8.68. The average Bonchev–Trinajstić information content (AvgIpc) is 2.84. The number of aliphatic carboxylic acids is 1. The largest absolute Gasteiger partial charge is 0.481 e. The van der Waals surface area contributed by atoms with Crippen LogP contribution >= 0.6 is 0 Å². The lowest BCUT2D eigenvalue weighted by Gasteiger charge is -2.04. The number of imidazole rings is 1. The zero-order valence-corrected chi connectivity index (χ0v) is 9.90. The molecule has 90 valence electrons. The molecule has 0 saturated heterocycles. The Hall–Kier alpha value is -2.04. The van der Waals surface area contributed by atoms with Crippen LogP contribution in [-0.2, 0) is 18.3 Å². The molecule has 0 aliphatic heterocycles. The van der Waals surface area contributed by atoms with E-state index in [2.05, 4.69) is 9.97 Å². The van der Waals surface area contributed by atoms with Crippen LogP contribution in [0, 0.1) is 6.92 Å². The van der Waals surface area contributed by atoms with Crippen molar-refractivity contribution < 1.29 is 9.90 Å². The fraction of sp³-hybridized carbons (Fsp3) is 0.333. The quantitative estimate of drug-likeness (QED) is 0.845. The van der Waals surface area contributed by atoms with E-state index in [4.69, 9.17) is 5.11 Å². The Balaban J connectivity index is 2.32. The first-order chi connectivity index (χ1) is 8.09. The van der Waals surface area contributed by atoms with E-state index in [9.17, 15) is 4.79 Å². The highest BCUT2D eigenvalue weighted by Gasteiger charge is 2.14. The molecule has 0 aliphatic carbocycles. The third-order valence-electron chi connectivity index (χ3n) is 2.78. The van der Waals surface area contributed by atoms with E-state index in [0.717, 1.165) is 22.9 Å². The number of carboxylic acids is 1. The van der Waals surface area contributed by atoms with Gasteiger partial charge in [0, 0.05) is 19.7 Å². The van der Waals surface area contributed by atoms with Gasteiger partial charge >= 0.3 is 5.97 Å². The Bertz CT molecular complexity index is 526. The summed E-state index contributed by atoms with van der Waals surface area (Å²) in [4.78, 5) is 18.1. The number of aromatic amines is 1. The molecule has 0 amide bonds. The molecule has 0 unspecified atom stereocenters. The second-order valence-corrected chi connectivity index (χ2v) is 4.00. The Labute approximate surface area is 99.1 Å². The number of carboxylic acid groups (broad SMARTS) is 1. The summed E-state index contributed by atoms with van der Waals surface area (Å²) in [5.41, 5.74) is 2.92. The van der Waals surface area contributed by atoms with Gasteiger partial charge in [-0.1, -0.05) is 0 Å². The van der Waals surface area contributed by atoms with Crippen molar-refractivity contribution in [2.45, 2.75) is 19.8 Å². The maximum absolute atomic E-state index is 10.6. The van der Waals surface area contributed by atoms with E-state index in [0.29, 0.717) is 6.42 Å². The molecule has 0 aromatic carbocycles. The van der Waals surface area contributed by atoms with Crippen LogP contribution < -0.4 is 0 Å². The zero-order chi connectivity index (χ0) is 12.4. The number of aromatic nitrogens is 3. The van der Waals surface area contributed by atoms with Crippen LogP contribution in [0.2, 0.25) is 0 Å². The summed E-state index contributed by atoms with van der Waals surface area (Å²) in [6, 6.07) is 3.91. The lowest BCUT2D eigenvalue weighted by Crippen LogP contribution is -2.04. The number of aryl methyl sites for hydroxylation is 2. The number of hydrogen-bond donors (Lipinski definition) is 2. The van der Waals surface area contributed by atoms with E-state index >= 15 is 0 Å². The molecule has 0 bridgehead atoms. The predicted molar refractivity (Wildman–Crippen MR) is 63.7 cm³/mol. The highest BCUT2D eigenvalue weighted by molar-refractivity contribution is 5.67. The van der Waals surface area contributed by atoms with Gasteiger partial charge in [0.25, 0.3) is 0 Å². The van der Waals surface area contributed by atoms with Gasteiger partial charge < -0.3 is 14.7 Å². The second-order valence-electron chi connectivity index (χ2n) is 4.00. The predicted octanol–water partition coefficient (Wildman–Crippen LogP) is 1.74. The smallest absolute Gasteiger partial charge is 0.303 e. The molecule has 5 nitrogen and oxygen atoms in total. The van der Waals surface area contributed by atoms with Crippen molar-refractivity contribution in [1.29, 1.82) is 0 Å². The lowest BCUT2D eigenvalue weighted by molar-refractivity contribution is -0.137. The molecule has 0 spiro atoms. The van der Waals surface area contributed by atoms with Gasteiger partial charge in [0.15, 0.2) is 0 Å².